The fraction of sp³-hybridized carbons (Fsp3) is 0.864. The Balaban J connectivity index is 1.51. The molecule has 4 aliphatic carbocycles. The zero-order valence-electron chi connectivity index (χ0n) is 16.3. The highest BCUT2D eigenvalue weighted by Crippen LogP contribution is 2.64. The van der Waals surface area contributed by atoms with Gasteiger partial charge in [0.2, 0.25) is 0 Å². The second-order valence-corrected chi connectivity index (χ2v) is 9.52. The lowest BCUT2D eigenvalue weighted by Crippen LogP contribution is -2.50. The third kappa shape index (κ3) is 2.73. The van der Waals surface area contributed by atoms with Crippen LogP contribution < -0.4 is 5.32 Å². The minimum atomic E-state index is -0.00364. The molecule has 4 rings (SSSR count). The van der Waals surface area contributed by atoms with Crippen LogP contribution in [-0.4, -0.2) is 32.1 Å². The molecule has 0 aromatic heterocycles. The van der Waals surface area contributed by atoms with E-state index in [2.05, 4.69) is 25.2 Å². The number of fused-ring (bicyclic) bond motifs is 5. The van der Waals surface area contributed by atoms with Gasteiger partial charge in [0.1, 0.15) is 5.78 Å². The SMILES string of the molecule is CNCCOC1CCC2(C)C(=CCC3C4CCC(=O)C4(C)CCC32)C1. The molecule has 3 heteroatoms. The molecule has 6 unspecified atom stereocenters. The van der Waals surface area contributed by atoms with Gasteiger partial charge in [-0.05, 0) is 75.2 Å². The molecule has 3 saturated carbocycles. The number of carbonyl (C=O) groups excluding carboxylic acids is 1. The lowest BCUT2D eigenvalue weighted by Gasteiger charge is -2.57. The maximum atomic E-state index is 12.5. The van der Waals surface area contributed by atoms with Crippen LogP contribution in [0.1, 0.15) is 65.2 Å². The van der Waals surface area contributed by atoms with Gasteiger partial charge in [0, 0.05) is 18.4 Å². The van der Waals surface area contributed by atoms with Crippen LogP contribution in [0.25, 0.3) is 0 Å². The Morgan fingerprint density at radius 3 is 2.72 bits per heavy atom. The van der Waals surface area contributed by atoms with Crippen LogP contribution in [0.2, 0.25) is 0 Å². The number of likely N-dealkylation sites (N-methyl/N-ethyl adjacent to an activating group) is 1. The fourth-order valence-electron chi connectivity index (χ4n) is 6.87. The normalized spacial score (nSPS) is 46.2. The third-order valence-electron chi connectivity index (χ3n) is 8.47. The standard InChI is InChI=1S/C22H35NO2/c1-21-10-8-16(25-13-12-23-3)14-15(21)4-5-17-18-6-7-20(24)22(18,2)11-9-19(17)21/h4,16-19,23H,5-14H2,1-3H3. The molecule has 6 atom stereocenters. The van der Waals surface area contributed by atoms with E-state index in [0.29, 0.717) is 23.2 Å². The van der Waals surface area contributed by atoms with E-state index in [-0.39, 0.29) is 5.41 Å². The Morgan fingerprint density at radius 1 is 1.16 bits per heavy atom. The molecule has 4 aliphatic rings. The molecule has 1 N–H and O–H groups in total. The van der Waals surface area contributed by atoms with Crippen molar-refractivity contribution in [1.29, 1.82) is 0 Å². The quantitative estimate of drug-likeness (QED) is 0.615. The van der Waals surface area contributed by atoms with Crippen LogP contribution in [-0.2, 0) is 9.53 Å². The largest absolute Gasteiger partial charge is 0.377 e. The van der Waals surface area contributed by atoms with E-state index in [1.54, 1.807) is 5.57 Å². The molecule has 0 heterocycles. The summed E-state index contributed by atoms with van der Waals surface area (Å²) in [6, 6.07) is 0. The Hall–Kier alpha value is -0.670. The van der Waals surface area contributed by atoms with Gasteiger partial charge < -0.3 is 10.1 Å². The highest BCUT2D eigenvalue weighted by atomic mass is 16.5. The third-order valence-corrected chi connectivity index (χ3v) is 8.47. The predicted octanol–water partition coefficient (Wildman–Crippen LogP) is 4.12. The summed E-state index contributed by atoms with van der Waals surface area (Å²) in [5.41, 5.74) is 2.03. The average Bonchev–Trinajstić information content (AvgIpc) is 2.90. The number of rotatable bonds is 4. The molecule has 0 aliphatic heterocycles. The number of nitrogens with one attached hydrogen (secondary N) is 1. The summed E-state index contributed by atoms with van der Waals surface area (Å²) >= 11 is 0. The van der Waals surface area contributed by atoms with Crippen LogP contribution in [0.3, 0.4) is 0 Å². The summed E-state index contributed by atoms with van der Waals surface area (Å²) in [7, 11) is 1.98. The number of ketones is 1. The molecule has 0 aromatic rings. The van der Waals surface area contributed by atoms with Gasteiger partial charge in [0.05, 0.1) is 12.7 Å². The number of carbonyl (C=O) groups is 1. The molecule has 0 amide bonds. The van der Waals surface area contributed by atoms with E-state index < -0.39 is 0 Å². The molecule has 25 heavy (non-hydrogen) atoms. The van der Waals surface area contributed by atoms with Crippen molar-refractivity contribution in [3.63, 3.8) is 0 Å². The maximum Gasteiger partial charge on any atom is 0.139 e. The highest BCUT2D eigenvalue weighted by molar-refractivity contribution is 5.87. The van der Waals surface area contributed by atoms with Crippen molar-refractivity contribution in [3.05, 3.63) is 11.6 Å². The molecule has 3 fully saturated rings. The molecule has 140 valence electrons. The molecule has 0 radical (unpaired) electrons. The summed E-state index contributed by atoms with van der Waals surface area (Å²) in [6.07, 6.45) is 12.1. The first-order valence-corrected chi connectivity index (χ1v) is 10.5. The maximum absolute atomic E-state index is 12.5. The second-order valence-electron chi connectivity index (χ2n) is 9.52. The van der Waals surface area contributed by atoms with Crippen molar-refractivity contribution in [2.75, 3.05) is 20.2 Å². The van der Waals surface area contributed by atoms with Gasteiger partial charge in [-0.2, -0.15) is 0 Å². The minimum absolute atomic E-state index is 0.00364. The van der Waals surface area contributed by atoms with Crippen molar-refractivity contribution >= 4 is 5.78 Å². The van der Waals surface area contributed by atoms with E-state index in [1.807, 2.05) is 7.05 Å². The molecule has 0 bridgehead atoms. The topological polar surface area (TPSA) is 38.3 Å². The smallest absolute Gasteiger partial charge is 0.139 e. The second kappa shape index (κ2) is 6.49. The average molecular weight is 346 g/mol. The van der Waals surface area contributed by atoms with Crippen LogP contribution >= 0.6 is 0 Å². The number of ether oxygens (including phenoxy) is 1. The zero-order valence-corrected chi connectivity index (χ0v) is 16.3. The first kappa shape index (κ1) is 17.7. The van der Waals surface area contributed by atoms with Gasteiger partial charge in [-0.1, -0.05) is 25.5 Å². The Bertz CT molecular complexity index is 570. The monoisotopic (exact) mass is 345 g/mol. The molecule has 0 spiro atoms. The minimum Gasteiger partial charge on any atom is -0.377 e. The lowest BCUT2D eigenvalue weighted by atomic mass is 9.48. The van der Waals surface area contributed by atoms with E-state index in [1.165, 1.54) is 25.7 Å². The first-order valence-electron chi connectivity index (χ1n) is 10.5. The van der Waals surface area contributed by atoms with Gasteiger partial charge in [0.15, 0.2) is 0 Å². The van der Waals surface area contributed by atoms with E-state index in [0.717, 1.165) is 50.7 Å². The summed E-state index contributed by atoms with van der Waals surface area (Å²) in [5, 5.41) is 3.17. The zero-order chi connectivity index (χ0) is 17.7. The molecule has 0 saturated heterocycles. The number of Topliss-reactive ketones (excluding diaryl/α,β-unsaturated/α-hetero) is 1. The summed E-state index contributed by atoms with van der Waals surface area (Å²) in [5.74, 6) is 2.71. The van der Waals surface area contributed by atoms with Crippen LogP contribution in [0.5, 0.6) is 0 Å². The van der Waals surface area contributed by atoms with Gasteiger partial charge in [-0.3, -0.25) is 4.79 Å². The van der Waals surface area contributed by atoms with Crippen LogP contribution in [0.15, 0.2) is 11.6 Å². The van der Waals surface area contributed by atoms with Crippen molar-refractivity contribution in [2.24, 2.45) is 28.6 Å². The van der Waals surface area contributed by atoms with Gasteiger partial charge in [-0.25, -0.2) is 0 Å². The summed E-state index contributed by atoms with van der Waals surface area (Å²) in [6.45, 7) is 6.56. The van der Waals surface area contributed by atoms with Crippen molar-refractivity contribution in [1.82, 2.24) is 5.32 Å². The van der Waals surface area contributed by atoms with Crippen molar-refractivity contribution < 1.29 is 9.53 Å². The predicted molar refractivity (Wildman–Crippen MR) is 100 cm³/mol. The van der Waals surface area contributed by atoms with Crippen LogP contribution in [0.4, 0.5) is 0 Å². The van der Waals surface area contributed by atoms with Gasteiger partial charge in [-0.15, -0.1) is 0 Å². The molecule has 0 aromatic carbocycles. The van der Waals surface area contributed by atoms with Gasteiger partial charge >= 0.3 is 0 Å². The number of allylic oxidation sites excluding steroid dienone is 1. The van der Waals surface area contributed by atoms with Gasteiger partial charge in [0.25, 0.3) is 0 Å². The van der Waals surface area contributed by atoms with E-state index >= 15 is 0 Å². The highest BCUT2D eigenvalue weighted by Gasteiger charge is 2.58. The Labute approximate surface area is 153 Å². The number of hydrogen-bond acceptors (Lipinski definition) is 3. The Kier molecular flexibility index (Phi) is 4.60. The molecule has 3 nitrogen and oxygen atoms in total. The first-order chi connectivity index (χ1) is 12.0. The van der Waals surface area contributed by atoms with Crippen LogP contribution in [0, 0.1) is 28.6 Å². The van der Waals surface area contributed by atoms with Crippen molar-refractivity contribution in [2.45, 2.75) is 71.3 Å². The Morgan fingerprint density at radius 2 is 1.92 bits per heavy atom. The summed E-state index contributed by atoms with van der Waals surface area (Å²) < 4.78 is 6.10. The lowest BCUT2D eigenvalue weighted by molar-refractivity contribution is -0.132. The summed E-state index contributed by atoms with van der Waals surface area (Å²) in [4.78, 5) is 12.5. The van der Waals surface area contributed by atoms with Crippen molar-refractivity contribution in [3.8, 4) is 0 Å². The fourth-order valence-corrected chi connectivity index (χ4v) is 6.87. The molecular weight excluding hydrogens is 310 g/mol. The van der Waals surface area contributed by atoms with E-state index in [4.69, 9.17) is 4.74 Å². The van der Waals surface area contributed by atoms with E-state index in [9.17, 15) is 4.79 Å². The molecular formula is C22H35NO2. The number of hydrogen-bond donors (Lipinski definition) is 1.